The van der Waals surface area contributed by atoms with Crippen molar-refractivity contribution in [3.8, 4) is 11.1 Å². The Morgan fingerprint density at radius 3 is 2.60 bits per heavy atom. The SMILES string of the molecule is CCCS(=O)(=O)N1CCC(Nc2cc(-c3ccc(C)nc3)cc3ccncc23)CC1. The number of hydrogen-bond donors (Lipinski definition) is 1. The van der Waals surface area contributed by atoms with E-state index in [9.17, 15) is 8.42 Å². The van der Waals surface area contributed by atoms with Crippen LogP contribution in [0.25, 0.3) is 21.9 Å². The van der Waals surface area contributed by atoms with Crippen molar-refractivity contribution >= 4 is 26.5 Å². The molecule has 1 N–H and O–H groups in total. The van der Waals surface area contributed by atoms with Gasteiger partial charge in [0.1, 0.15) is 0 Å². The van der Waals surface area contributed by atoms with Crippen LogP contribution in [0.1, 0.15) is 31.9 Å². The molecule has 0 unspecified atom stereocenters. The molecular weight excluding hydrogens is 396 g/mol. The summed E-state index contributed by atoms with van der Waals surface area (Å²) in [6, 6.07) is 10.7. The number of anilines is 1. The van der Waals surface area contributed by atoms with Crippen molar-refractivity contribution in [1.82, 2.24) is 14.3 Å². The number of sulfonamides is 1. The molecule has 3 heterocycles. The van der Waals surface area contributed by atoms with E-state index in [0.29, 0.717) is 19.5 Å². The lowest BCUT2D eigenvalue weighted by Crippen LogP contribution is -2.43. The maximum Gasteiger partial charge on any atom is 0.214 e. The second-order valence-electron chi connectivity index (χ2n) is 7.94. The van der Waals surface area contributed by atoms with Crippen molar-refractivity contribution in [1.29, 1.82) is 0 Å². The molecule has 1 saturated heterocycles. The zero-order valence-corrected chi connectivity index (χ0v) is 18.3. The molecule has 158 valence electrons. The molecule has 4 rings (SSSR count). The van der Waals surface area contributed by atoms with Gasteiger partial charge in [0.15, 0.2) is 0 Å². The normalized spacial score (nSPS) is 16.1. The molecule has 1 aliphatic rings. The molecule has 0 spiro atoms. The van der Waals surface area contributed by atoms with E-state index in [1.807, 2.05) is 38.4 Å². The molecule has 7 heteroatoms. The van der Waals surface area contributed by atoms with Crippen LogP contribution in [0.2, 0.25) is 0 Å². The Balaban J connectivity index is 1.58. The zero-order valence-electron chi connectivity index (χ0n) is 17.5. The van der Waals surface area contributed by atoms with E-state index in [2.05, 4.69) is 33.5 Å². The summed E-state index contributed by atoms with van der Waals surface area (Å²) in [6.45, 7) is 5.02. The van der Waals surface area contributed by atoms with Crippen molar-refractivity contribution < 1.29 is 8.42 Å². The van der Waals surface area contributed by atoms with Crippen LogP contribution >= 0.6 is 0 Å². The molecule has 0 radical (unpaired) electrons. The molecule has 0 aliphatic carbocycles. The Morgan fingerprint density at radius 1 is 1.10 bits per heavy atom. The molecule has 0 saturated carbocycles. The molecule has 30 heavy (non-hydrogen) atoms. The molecule has 0 amide bonds. The molecule has 1 aromatic carbocycles. The average Bonchev–Trinajstić information content (AvgIpc) is 2.74. The van der Waals surface area contributed by atoms with E-state index in [1.54, 1.807) is 10.5 Å². The summed E-state index contributed by atoms with van der Waals surface area (Å²) in [4.78, 5) is 8.74. The third-order valence-corrected chi connectivity index (χ3v) is 7.75. The van der Waals surface area contributed by atoms with Gasteiger partial charge in [-0.05, 0) is 61.4 Å². The molecular formula is C23H28N4O2S. The summed E-state index contributed by atoms with van der Waals surface area (Å²) in [7, 11) is -3.12. The lowest BCUT2D eigenvalue weighted by Gasteiger charge is -2.32. The number of pyridine rings is 2. The lowest BCUT2D eigenvalue weighted by molar-refractivity contribution is 0.330. The number of benzene rings is 1. The fourth-order valence-electron chi connectivity index (χ4n) is 4.01. The van der Waals surface area contributed by atoms with Crippen LogP contribution in [0, 0.1) is 6.92 Å². The van der Waals surface area contributed by atoms with Crippen LogP contribution in [0.4, 0.5) is 5.69 Å². The highest BCUT2D eigenvalue weighted by atomic mass is 32.2. The van der Waals surface area contributed by atoms with E-state index < -0.39 is 10.0 Å². The van der Waals surface area contributed by atoms with Gasteiger partial charge < -0.3 is 5.32 Å². The minimum atomic E-state index is -3.12. The smallest absolute Gasteiger partial charge is 0.214 e. The first-order valence-electron chi connectivity index (χ1n) is 10.5. The highest BCUT2D eigenvalue weighted by Crippen LogP contribution is 2.32. The Kier molecular flexibility index (Phi) is 6.01. The van der Waals surface area contributed by atoms with E-state index in [-0.39, 0.29) is 11.8 Å². The zero-order chi connectivity index (χ0) is 21.1. The van der Waals surface area contributed by atoms with Gasteiger partial charge in [-0.15, -0.1) is 0 Å². The lowest BCUT2D eigenvalue weighted by atomic mass is 10.00. The standard InChI is InChI=1S/C23H28N4O2S/c1-3-12-30(28,29)27-10-7-21(8-11-27)26-23-14-20(19-5-4-17(2)25-15-19)13-18-6-9-24-16-22(18)23/h4-6,9,13-16,21,26H,3,7-8,10-12H2,1-2H3. The van der Waals surface area contributed by atoms with Gasteiger partial charge in [-0.1, -0.05) is 13.0 Å². The number of rotatable bonds is 6. The number of aryl methyl sites for hydroxylation is 1. The fraction of sp³-hybridized carbons (Fsp3) is 0.391. The summed E-state index contributed by atoms with van der Waals surface area (Å²) < 4.78 is 26.3. The molecule has 1 aliphatic heterocycles. The van der Waals surface area contributed by atoms with Gasteiger partial charge in [0, 0.05) is 60.1 Å². The minimum Gasteiger partial charge on any atom is -0.382 e. The number of hydrogen-bond acceptors (Lipinski definition) is 5. The highest BCUT2D eigenvalue weighted by molar-refractivity contribution is 7.89. The van der Waals surface area contributed by atoms with E-state index in [4.69, 9.17) is 0 Å². The molecule has 1 fully saturated rings. The summed E-state index contributed by atoms with van der Waals surface area (Å²) in [6.07, 6.45) is 7.83. The first-order chi connectivity index (χ1) is 14.5. The fourth-order valence-corrected chi connectivity index (χ4v) is 5.55. The third-order valence-electron chi connectivity index (χ3n) is 5.67. The number of piperidine rings is 1. The molecule has 6 nitrogen and oxygen atoms in total. The first kappa shape index (κ1) is 20.8. The summed E-state index contributed by atoms with van der Waals surface area (Å²) in [5, 5.41) is 5.86. The number of nitrogens with one attached hydrogen (secondary N) is 1. The van der Waals surface area contributed by atoms with Crippen molar-refractivity contribution in [3.05, 3.63) is 54.6 Å². The summed E-state index contributed by atoms with van der Waals surface area (Å²) in [5.41, 5.74) is 4.20. The van der Waals surface area contributed by atoms with E-state index in [0.717, 1.165) is 46.1 Å². The van der Waals surface area contributed by atoms with Crippen molar-refractivity contribution in [2.45, 2.75) is 39.2 Å². The number of fused-ring (bicyclic) bond motifs is 1. The Morgan fingerprint density at radius 2 is 1.90 bits per heavy atom. The van der Waals surface area contributed by atoms with Crippen molar-refractivity contribution in [2.24, 2.45) is 0 Å². The Labute approximate surface area is 178 Å². The third kappa shape index (κ3) is 4.47. The van der Waals surface area contributed by atoms with Crippen LogP contribution < -0.4 is 5.32 Å². The van der Waals surface area contributed by atoms with Crippen LogP contribution in [0.3, 0.4) is 0 Å². The topological polar surface area (TPSA) is 75.2 Å². The predicted molar refractivity (Wildman–Crippen MR) is 122 cm³/mol. The van der Waals surface area contributed by atoms with Gasteiger partial charge in [0.25, 0.3) is 0 Å². The van der Waals surface area contributed by atoms with Crippen LogP contribution in [0.5, 0.6) is 0 Å². The van der Waals surface area contributed by atoms with E-state index >= 15 is 0 Å². The Bertz CT molecular complexity index is 1120. The van der Waals surface area contributed by atoms with Gasteiger partial charge in [-0.2, -0.15) is 0 Å². The average molecular weight is 425 g/mol. The second kappa shape index (κ2) is 8.70. The van der Waals surface area contributed by atoms with Gasteiger partial charge in [-0.3, -0.25) is 9.97 Å². The maximum atomic E-state index is 12.3. The first-order valence-corrected chi connectivity index (χ1v) is 12.1. The van der Waals surface area contributed by atoms with Crippen molar-refractivity contribution in [3.63, 3.8) is 0 Å². The van der Waals surface area contributed by atoms with Gasteiger partial charge in [-0.25, -0.2) is 12.7 Å². The Hall–Kier alpha value is -2.51. The molecule has 0 atom stereocenters. The molecule has 3 aromatic rings. The van der Waals surface area contributed by atoms with Crippen molar-refractivity contribution in [2.75, 3.05) is 24.2 Å². The van der Waals surface area contributed by atoms with Gasteiger partial charge >= 0.3 is 0 Å². The van der Waals surface area contributed by atoms with E-state index in [1.165, 1.54) is 0 Å². The van der Waals surface area contributed by atoms with Crippen LogP contribution in [-0.4, -0.2) is 47.6 Å². The van der Waals surface area contributed by atoms with Gasteiger partial charge in [0.2, 0.25) is 10.0 Å². The van der Waals surface area contributed by atoms with Crippen LogP contribution in [0.15, 0.2) is 48.9 Å². The second-order valence-corrected chi connectivity index (χ2v) is 10.0. The quantitative estimate of drug-likeness (QED) is 0.641. The maximum absolute atomic E-state index is 12.3. The molecule has 2 aromatic heterocycles. The monoisotopic (exact) mass is 424 g/mol. The number of aromatic nitrogens is 2. The summed E-state index contributed by atoms with van der Waals surface area (Å²) in [5.74, 6) is 0.230. The highest BCUT2D eigenvalue weighted by Gasteiger charge is 2.27. The predicted octanol–water partition coefficient (Wildman–Crippen LogP) is 4.22. The number of nitrogens with zero attached hydrogens (tertiary/aromatic N) is 3. The van der Waals surface area contributed by atoms with Gasteiger partial charge in [0.05, 0.1) is 5.75 Å². The molecule has 0 bridgehead atoms. The minimum absolute atomic E-state index is 0.230. The largest absolute Gasteiger partial charge is 0.382 e. The van der Waals surface area contributed by atoms with Crippen LogP contribution in [-0.2, 0) is 10.0 Å². The summed E-state index contributed by atoms with van der Waals surface area (Å²) >= 11 is 0.